The first kappa shape index (κ1) is 13.5. The van der Waals surface area contributed by atoms with Crippen LogP contribution in [0.15, 0.2) is 24.3 Å². The summed E-state index contributed by atoms with van der Waals surface area (Å²) >= 11 is 0. The van der Waals surface area contributed by atoms with Crippen LogP contribution < -0.4 is 4.74 Å². The summed E-state index contributed by atoms with van der Waals surface area (Å²) in [6.45, 7) is 0. The molecule has 0 saturated carbocycles. The number of carbonyl (C=O) groups excluding carboxylic acids is 2. The van der Waals surface area contributed by atoms with Crippen LogP contribution in [0.4, 0.5) is 0 Å². The smallest absolute Gasteiger partial charge is 0.335 e. The molecule has 0 bridgehead atoms. The Balaban J connectivity index is 1.94. The van der Waals surface area contributed by atoms with Gasteiger partial charge in [0.15, 0.2) is 6.10 Å². The number of esters is 1. The second kappa shape index (κ2) is 6.33. The van der Waals surface area contributed by atoms with E-state index in [1.165, 1.54) is 7.11 Å². The first-order valence-electron chi connectivity index (χ1n) is 6.18. The number of hydrogen-bond acceptors (Lipinski definition) is 5. The Hall–Kier alpha value is -1.88. The van der Waals surface area contributed by atoms with Crippen molar-refractivity contribution in [1.82, 2.24) is 0 Å². The maximum Gasteiger partial charge on any atom is 0.335 e. The van der Waals surface area contributed by atoms with Crippen molar-refractivity contribution in [2.24, 2.45) is 0 Å². The summed E-state index contributed by atoms with van der Waals surface area (Å²) in [6.07, 6.45) is 1.97. The molecular weight excluding hydrogens is 248 g/mol. The van der Waals surface area contributed by atoms with Gasteiger partial charge in [0.25, 0.3) is 0 Å². The van der Waals surface area contributed by atoms with E-state index < -0.39 is 12.4 Å². The van der Waals surface area contributed by atoms with E-state index in [4.69, 9.17) is 9.47 Å². The predicted molar refractivity (Wildman–Crippen MR) is 67.0 cm³/mol. The lowest BCUT2D eigenvalue weighted by molar-refractivity contribution is -0.183. The highest BCUT2D eigenvalue weighted by Gasteiger charge is 2.29. The van der Waals surface area contributed by atoms with Crippen LogP contribution in [0.5, 0.6) is 5.75 Å². The Kier molecular flexibility index (Phi) is 4.52. The van der Waals surface area contributed by atoms with E-state index in [0.717, 1.165) is 19.1 Å². The molecule has 0 aliphatic carbocycles. The van der Waals surface area contributed by atoms with Crippen LogP contribution in [0.1, 0.15) is 29.6 Å². The second-order valence-corrected chi connectivity index (χ2v) is 4.31. The van der Waals surface area contributed by atoms with E-state index in [1.807, 2.05) is 0 Å². The molecule has 0 aromatic heterocycles. The molecule has 1 aliphatic heterocycles. The number of benzene rings is 1. The number of hydrogen-bond donors (Lipinski definition) is 0. The minimum atomic E-state index is -0.557. The quantitative estimate of drug-likeness (QED) is 0.614. The van der Waals surface area contributed by atoms with Crippen molar-refractivity contribution in [2.75, 3.05) is 7.11 Å². The van der Waals surface area contributed by atoms with Gasteiger partial charge in [0.2, 0.25) is 6.29 Å². The lowest BCUT2D eigenvalue weighted by Gasteiger charge is -2.28. The van der Waals surface area contributed by atoms with Crippen molar-refractivity contribution in [3.63, 3.8) is 0 Å². The molecule has 102 valence electrons. The van der Waals surface area contributed by atoms with Crippen LogP contribution in [-0.2, 0) is 14.3 Å². The van der Waals surface area contributed by atoms with Crippen molar-refractivity contribution >= 4 is 12.3 Å². The van der Waals surface area contributed by atoms with Gasteiger partial charge in [-0.3, -0.25) is 4.79 Å². The van der Waals surface area contributed by atoms with Gasteiger partial charge in [0.05, 0.1) is 7.11 Å². The summed E-state index contributed by atoms with van der Waals surface area (Å²) in [5, 5.41) is 0. The standard InChI is InChI=1S/C14H16O5/c1-17-14(16)12-3-2-4-13(19-12)18-11-7-5-10(9-15)6-8-11/h5-9,12-13H,2-4H2,1H3/t12-,13+/m1/s1. The van der Waals surface area contributed by atoms with E-state index in [0.29, 0.717) is 17.7 Å². The monoisotopic (exact) mass is 264 g/mol. The number of ether oxygens (including phenoxy) is 3. The molecule has 0 radical (unpaired) electrons. The highest BCUT2D eigenvalue weighted by Crippen LogP contribution is 2.23. The fraction of sp³-hybridized carbons (Fsp3) is 0.429. The lowest BCUT2D eigenvalue weighted by Crippen LogP contribution is -2.37. The van der Waals surface area contributed by atoms with Gasteiger partial charge in [0, 0.05) is 12.0 Å². The minimum absolute atomic E-state index is 0.371. The summed E-state index contributed by atoms with van der Waals surface area (Å²) in [7, 11) is 1.34. The van der Waals surface area contributed by atoms with Crippen molar-refractivity contribution in [3.05, 3.63) is 29.8 Å². The van der Waals surface area contributed by atoms with E-state index in [2.05, 4.69) is 4.74 Å². The fourth-order valence-corrected chi connectivity index (χ4v) is 1.96. The molecule has 1 fully saturated rings. The zero-order valence-corrected chi connectivity index (χ0v) is 10.7. The molecule has 1 heterocycles. The average Bonchev–Trinajstić information content (AvgIpc) is 2.47. The van der Waals surface area contributed by atoms with Crippen LogP contribution >= 0.6 is 0 Å². The molecular formula is C14H16O5. The molecule has 5 heteroatoms. The van der Waals surface area contributed by atoms with Crippen LogP contribution in [-0.4, -0.2) is 31.8 Å². The Bertz CT molecular complexity index is 440. The van der Waals surface area contributed by atoms with Crippen LogP contribution in [0.25, 0.3) is 0 Å². The van der Waals surface area contributed by atoms with E-state index in [1.54, 1.807) is 24.3 Å². The van der Waals surface area contributed by atoms with Crippen LogP contribution in [0.2, 0.25) is 0 Å². The average molecular weight is 264 g/mol. The molecule has 2 rings (SSSR count). The Morgan fingerprint density at radius 3 is 2.68 bits per heavy atom. The first-order valence-corrected chi connectivity index (χ1v) is 6.18. The fourth-order valence-electron chi connectivity index (χ4n) is 1.96. The van der Waals surface area contributed by atoms with Gasteiger partial charge in [0.1, 0.15) is 12.0 Å². The van der Waals surface area contributed by atoms with Crippen molar-refractivity contribution in [2.45, 2.75) is 31.7 Å². The zero-order chi connectivity index (χ0) is 13.7. The summed E-state index contributed by atoms with van der Waals surface area (Å²) in [5.41, 5.74) is 0.587. The normalized spacial score (nSPS) is 22.6. The van der Waals surface area contributed by atoms with E-state index >= 15 is 0 Å². The Morgan fingerprint density at radius 2 is 2.05 bits per heavy atom. The maximum atomic E-state index is 11.4. The minimum Gasteiger partial charge on any atom is -0.467 e. The molecule has 0 N–H and O–H groups in total. The molecule has 1 saturated heterocycles. The number of methoxy groups -OCH3 is 1. The molecule has 1 aromatic carbocycles. The molecule has 0 spiro atoms. The highest BCUT2D eigenvalue weighted by atomic mass is 16.7. The molecule has 0 unspecified atom stereocenters. The molecule has 19 heavy (non-hydrogen) atoms. The number of aldehydes is 1. The molecule has 1 aliphatic rings. The summed E-state index contributed by atoms with van der Waals surface area (Å²) in [4.78, 5) is 21.9. The van der Waals surface area contributed by atoms with Crippen LogP contribution in [0.3, 0.4) is 0 Å². The van der Waals surface area contributed by atoms with Gasteiger partial charge in [-0.2, -0.15) is 0 Å². The topological polar surface area (TPSA) is 61.8 Å². The van der Waals surface area contributed by atoms with Gasteiger partial charge < -0.3 is 14.2 Å². The zero-order valence-electron chi connectivity index (χ0n) is 10.7. The van der Waals surface area contributed by atoms with Crippen LogP contribution in [0, 0.1) is 0 Å². The first-order chi connectivity index (χ1) is 9.22. The molecule has 2 atom stereocenters. The molecule has 1 aromatic rings. The van der Waals surface area contributed by atoms with Crippen molar-refractivity contribution in [1.29, 1.82) is 0 Å². The third kappa shape index (κ3) is 3.54. The van der Waals surface area contributed by atoms with E-state index in [9.17, 15) is 9.59 Å². The van der Waals surface area contributed by atoms with Gasteiger partial charge >= 0.3 is 5.97 Å². The number of carbonyl (C=O) groups is 2. The van der Waals surface area contributed by atoms with Crippen molar-refractivity contribution in [3.8, 4) is 5.75 Å². The Labute approximate surface area is 111 Å². The van der Waals surface area contributed by atoms with E-state index in [-0.39, 0.29) is 5.97 Å². The SMILES string of the molecule is COC(=O)[C@H]1CCC[C@@H](Oc2ccc(C=O)cc2)O1. The summed E-state index contributed by atoms with van der Waals surface area (Å²) < 4.78 is 15.8. The van der Waals surface area contributed by atoms with Gasteiger partial charge in [-0.15, -0.1) is 0 Å². The third-order valence-electron chi connectivity index (χ3n) is 2.97. The maximum absolute atomic E-state index is 11.4. The highest BCUT2D eigenvalue weighted by molar-refractivity contribution is 5.75. The van der Waals surface area contributed by atoms with Crippen molar-refractivity contribution < 1.29 is 23.8 Å². The number of rotatable bonds is 4. The predicted octanol–water partition coefficient (Wildman–Crippen LogP) is 1.95. The summed E-state index contributed by atoms with van der Waals surface area (Å²) in [6, 6.07) is 6.75. The second-order valence-electron chi connectivity index (χ2n) is 4.31. The Morgan fingerprint density at radius 1 is 1.32 bits per heavy atom. The van der Waals surface area contributed by atoms with Gasteiger partial charge in [-0.05, 0) is 37.1 Å². The largest absolute Gasteiger partial charge is 0.467 e. The summed E-state index contributed by atoms with van der Waals surface area (Å²) in [5.74, 6) is 0.241. The molecule has 5 nitrogen and oxygen atoms in total. The molecule has 0 amide bonds. The van der Waals surface area contributed by atoms with Gasteiger partial charge in [-0.1, -0.05) is 0 Å². The third-order valence-corrected chi connectivity index (χ3v) is 2.97. The van der Waals surface area contributed by atoms with Gasteiger partial charge in [-0.25, -0.2) is 4.79 Å². The lowest BCUT2D eigenvalue weighted by atomic mass is 10.1.